The third-order valence-electron chi connectivity index (χ3n) is 3.46. The molecule has 0 fully saturated rings. The highest BCUT2D eigenvalue weighted by atomic mass is 16.5. The monoisotopic (exact) mass is 229 g/mol. The maximum absolute atomic E-state index is 9.30. The maximum atomic E-state index is 9.30. The van der Waals surface area contributed by atoms with Crippen LogP contribution in [0.15, 0.2) is 36.4 Å². The predicted molar refractivity (Wildman–Crippen MR) is 66.9 cm³/mol. The second-order valence-electron chi connectivity index (χ2n) is 4.48. The molecule has 3 heteroatoms. The highest BCUT2D eigenvalue weighted by molar-refractivity contribution is 5.88. The molecule has 0 aliphatic carbocycles. The van der Waals surface area contributed by atoms with Gasteiger partial charge in [-0.05, 0) is 16.8 Å². The molecule has 3 N–H and O–H groups in total. The Morgan fingerprint density at radius 3 is 2.88 bits per heavy atom. The van der Waals surface area contributed by atoms with Gasteiger partial charge in [0.15, 0.2) is 0 Å². The first-order chi connectivity index (χ1) is 8.31. The minimum atomic E-state index is -0.158. The molecule has 3 rings (SSSR count). The Morgan fingerprint density at radius 2 is 2.06 bits per heavy atom. The van der Waals surface area contributed by atoms with Crippen molar-refractivity contribution in [2.75, 3.05) is 13.2 Å². The van der Waals surface area contributed by atoms with Gasteiger partial charge in [-0.25, -0.2) is 0 Å². The Morgan fingerprint density at radius 1 is 1.24 bits per heavy atom. The van der Waals surface area contributed by atoms with Crippen LogP contribution in [0.25, 0.3) is 10.8 Å². The van der Waals surface area contributed by atoms with Gasteiger partial charge < -0.3 is 15.6 Å². The molecule has 1 aliphatic heterocycles. The van der Waals surface area contributed by atoms with Gasteiger partial charge in [0.05, 0.1) is 13.2 Å². The summed E-state index contributed by atoms with van der Waals surface area (Å²) in [6.45, 7) is 0.548. The second-order valence-corrected chi connectivity index (χ2v) is 4.48. The molecular formula is C14H15NO2. The van der Waals surface area contributed by atoms with Gasteiger partial charge in [-0.15, -0.1) is 0 Å². The lowest BCUT2D eigenvalue weighted by atomic mass is 9.88. The van der Waals surface area contributed by atoms with Crippen LogP contribution in [-0.2, 0) is 0 Å². The minimum Gasteiger partial charge on any atom is -0.493 e. The molecule has 0 aromatic heterocycles. The molecule has 0 amide bonds. The van der Waals surface area contributed by atoms with Crippen molar-refractivity contribution in [3.05, 3.63) is 42.0 Å². The van der Waals surface area contributed by atoms with Gasteiger partial charge in [0.1, 0.15) is 5.75 Å². The van der Waals surface area contributed by atoms with Crippen LogP contribution in [0.4, 0.5) is 0 Å². The number of benzene rings is 2. The number of hydrogen-bond acceptors (Lipinski definition) is 3. The number of nitrogens with two attached hydrogens (primary N) is 1. The first kappa shape index (κ1) is 10.6. The van der Waals surface area contributed by atoms with Crippen molar-refractivity contribution in [2.45, 2.75) is 6.04 Å². The number of aliphatic hydroxyl groups excluding tert-OH is 1. The van der Waals surface area contributed by atoms with E-state index >= 15 is 0 Å². The Hall–Kier alpha value is -1.58. The van der Waals surface area contributed by atoms with Crippen molar-refractivity contribution in [3.8, 4) is 5.75 Å². The van der Waals surface area contributed by atoms with Gasteiger partial charge in [-0.1, -0.05) is 30.3 Å². The molecule has 2 aromatic carbocycles. The molecule has 0 saturated carbocycles. The summed E-state index contributed by atoms with van der Waals surface area (Å²) < 4.78 is 5.67. The van der Waals surface area contributed by atoms with Crippen LogP contribution < -0.4 is 10.5 Å². The lowest BCUT2D eigenvalue weighted by molar-refractivity contribution is 0.125. The molecule has 1 heterocycles. The molecule has 88 valence electrons. The van der Waals surface area contributed by atoms with E-state index in [2.05, 4.69) is 12.1 Å². The molecule has 0 spiro atoms. The van der Waals surface area contributed by atoms with E-state index in [1.807, 2.05) is 24.3 Å². The molecule has 1 aliphatic rings. The summed E-state index contributed by atoms with van der Waals surface area (Å²) in [5, 5.41) is 11.6. The van der Waals surface area contributed by atoms with Crippen LogP contribution in [0.3, 0.4) is 0 Å². The zero-order valence-electron chi connectivity index (χ0n) is 9.47. The van der Waals surface area contributed by atoms with E-state index in [0.29, 0.717) is 6.61 Å². The number of hydrogen-bond donors (Lipinski definition) is 2. The molecular weight excluding hydrogens is 214 g/mol. The quantitative estimate of drug-likeness (QED) is 0.784. The second kappa shape index (κ2) is 4.02. The molecule has 2 atom stereocenters. The van der Waals surface area contributed by atoms with E-state index in [0.717, 1.165) is 22.1 Å². The first-order valence-corrected chi connectivity index (χ1v) is 5.82. The van der Waals surface area contributed by atoms with E-state index in [1.165, 1.54) is 0 Å². The normalized spacial score (nSPS) is 23.2. The lowest BCUT2D eigenvalue weighted by Crippen LogP contribution is -2.33. The SMILES string of the molecule is N[C@@H]1c2c(ccc3ccccc23)OC[C@@H]1CO. The van der Waals surface area contributed by atoms with Crippen LogP contribution in [0.1, 0.15) is 11.6 Å². The fraction of sp³-hybridized carbons (Fsp3) is 0.286. The minimum absolute atomic E-state index is 0.0201. The summed E-state index contributed by atoms with van der Waals surface area (Å²) in [7, 11) is 0. The number of fused-ring (bicyclic) bond motifs is 3. The number of rotatable bonds is 1. The van der Waals surface area contributed by atoms with E-state index in [1.54, 1.807) is 0 Å². The Balaban J connectivity index is 2.24. The Labute approximate surface area is 99.8 Å². The first-order valence-electron chi connectivity index (χ1n) is 5.82. The topological polar surface area (TPSA) is 55.5 Å². The van der Waals surface area contributed by atoms with Gasteiger partial charge >= 0.3 is 0 Å². The zero-order chi connectivity index (χ0) is 11.8. The van der Waals surface area contributed by atoms with Gasteiger partial charge in [0.25, 0.3) is 0 Å². The van der Waals surface area contributed by atoms with E-state index in [-0.39, 0.29) is 18.6 Å². The fourth-order valence-corrected chi connectivity index (χ4v) is 2.45. The summed E-state index contributed by atoms with van der Waals surface area (Å²) in [6, 6.07) is 12.0. The van der Waals surface area contributed by atoms with Gasteiger partial charge in [-0.2, -0.15) is 0 Å². The molecule has 0 bridgehead atoms. The van der Waals surface area contributed by atoms with E-state index < -0.39 is 0 Å². The maximum Gasteiger partial charge on any atom is 0.124 e. The third kappa shape index (κ3) is 1.59. The number of aliphatic hydroxyl groups is 1. The molecule has 0 unspecified atom stereocenters. The molecule has 2 aromatic rings. The summed E-state index contributed by atoms with van der Waals surface area (Å²) in [5.41, 5.74) is 7.25. The van der Waals surface area contributed by atoms with Crippen LogP contribution in [-0.4, -0.2) is 18.3 Å². The largest absolute Gasteiger partial charge is 0.493 e. The van der Waals surface area contributed by atoms with Crippen molar-refractivity contribution >= 4 is 10.8 Å². The summed E-state index contributed by atoms with van der Waals surface area (Å²) in [4.78, 5) is 0. The fourth-order valence-electron chi connectivity index (χ4n) is 2.45. The van der Waals surface area contributed by atoms with Crippen molar-refractivity contribution < 1.29 is 9.84 Å². The predicted octanol–water partition coefficient (Wildman–Crippen LogP) is 1.84. The summed E-state index contributed by atoms with van der Waals surface area (Å²) >= 11 is 0. The number of ether oxygens (including phenoxy) is 1. The van der Waals surface area contributed by atoms with Crippen LogP contribution in [0.5, 0.6) is 5.75 Å². The van der Waals surface area contributed by atoms with Gasteiger partial charge in [0, 0.05) is 17.5 Å². The molecule has 0 radical (unpaired) electrons. The van der Waals surface area contributed by atoms with Crippen molar-refractivity contribution in [2.24, 2.45) is 11.7 Å². The van der Waals surface area contributed by atoms with E-state index in [4.69, 9.17) is 10.5 Å². The zero-order valence-corrected chi connectivity index (χ0v) is 9.47. The van der Waals surface area contributed by atoms with Crippen molar-refractivity contribution in [1.29, 1.82) is 0 Å². The molecule has 3 nitrogen and oxygen atoms in total. The summed E-state index contributed by atoms with van der Waals surface area (Å²) in [5.74, 6) is 0.828. The highest BCUT2D eigenvalue weighted by Gasteiger charge is 2.28. The average molecular weight is 229 g/mol. The molecule has 0 saturated heterocycles. The summed E-state index contributed by atoms with van der Waals surface area (Å²) in [6.07, 6.45) is 0. The van der Waals surface area contributed by atoms with Gasteiger partial charge in [0.2, 0.25) is 0 Å². The van der Waals surface area contributed by atoms with Crippen LogP contribution in [0, 0.1) is 5.92 Å². The Bertz CT molecular complexity index is 553. The smallest absolute Gasteiger partial charge is 0.124 e. The Kier molecular flexibility index (Phi) is 2.50. The third-order valence-corrected chi connectivity index (χ3v) is 3.46. The average Bonchev–Trinajstić information content (AvgIpc) is 2.38. The standard InChI is InChI=1S/C14H15NO2/c15-14-10(7-16)8-17-12-6-5-9-3-1-2-4-11(9)13(12)14/h1-6,10,14,16H,7-8,15H2/t10-,14-/m0/s1. The molecule has 17 heavy (non-hydrogen) atoms. The van der Waals surface area contributed by atoms with Crippen molar-refractivity contribution in [1.82, 2.24) is 0 Å². The lowest BCUT2D eigenvalue weighted by Gasteiger charge is -2.31. The van der Waals surface area contributed by atoms with Gasteiger partial charge in [-0.3, -0.25) is 0 Å². The van der Waals surface area contributed by atoms with Crippen LogP contribution in [0.2, 0.25) is 0 Å². The highest BCUT2D eigenvalue weighted by Crippen LogP contribution is 2.38. The van der Waals surface area contributed by atoms with Crippen LogP contribution >= 0.6 is 0 Å². The van der Waals surface area contributed by atoms with Crippen molar-refractivity contribution in [3.63, 3.8) is 0 Å². The van der Waals surface area contributed by atoms with E-state index in [9.17, 15) is 5.11 Å².